The van der Waals surface area contributed by atoms with E-state index in [4.69, 9.17) is 0 Å². The number of para-hydroxylation sites is 1. The zero-order valence-electron chi connectivity index (χ0n) is 10.1. The van der Waals surface area contributed by atoms with Crippen LogP contribution in [0.1, 0.15) is 16.7 Å². The van der Waals surface area contributed by atoms with Crippen molar-refractivity contribution in [1.29, 1.82) is 0 Å². The molecule has 96 valence electrons. The molecule has 0 saturated heterocycles. The normalized spacial score (nSPS) is 12.7. The van der Waals surface area contributed by atoms with Gasteiger partial charge in [-0.25, -0.2) is 0 Å². The summed E-state index contributed by atoms with van der Waals surface area (Å²) >= 11 is 5.13. The van der Waals surface area contributed by atoms with E-state index >= 15 is 0 Å². The van der Waals surface area contributed by atoms with Crippen molar-refractivity contribution < 1.29 is 5.11 Å². The number of pyridine rings is 1. The molecule has 1 unspecified atom stereocenters. The quantitative estimate of drug-likeness (QED) is 0.773. The molecule has 0 amide bonds. The minimum absolute atomic E-state index is 0.570. The van der Waals surface area contributed by atoms with Crippen LogP contribution in [-0.4, -0.2) is 10.1 Å². The van der Waals surface area contributed by atoms with Crippen molar-refractivity contribution in [3.63, 3.8) is 0 Å². The van der Waals surface area contributed by atoms with Crippen molar-refractivity contribution in [1.82, 2.24) is 4.98 Å². The number of benzene rings is 1. The number of aromatic nitrogens is 1. The molecule has 1 atom stereocenters. The maximum absolute atomic E-state index is 10.3. The smallest absolute Gasteiger partial charge is 0.101 e. The molecule has 0 fully saturated rings. The Hall–Kier alpha value is -1.23. The molecule has 3 rings (SSSR count). The molecule has 19 heavy (non-hydrogen) atoms. The van der Waals surface area contributed by atoms with Crippen molar-refractivity contribution in [2.45, 2.75) is 12.5 Å². The topological polar surface area (TPSA) is 33.1 Å². The number of hydrogen-bond acceptors (Lipinski definition) is 3. The number of thiophene rings is 1. The second-order valence-electron chi connectivity index (χ2n) is 4.34. The van der Waals surface area contributed by atoms with E-state index in [2.05, 4.69) is 20.9 Å². The van der Waals surface area contributed by atoms with Gasteiger partial charge in [-0.3, -0.25) is 4.98 Å². The minimum atomic E-state index is -0.570. The van der Waals surface area contributed by atoms with Gasteiger partial charge in [0, 0.05) is 21.2 Å². The number of fused-ring (bicyclic) bond motifs is 1. The molecule has 3 aromatic rings. The van der Waals surface area contributed by atoms with E-state index < -0.39 is 6.10 Å². The van der Waals surface area contributed by atoms with Crippen molar-refractivity contribution >= 4 is 38.2 Å². The predicted molar refractivity (Wildman–Crippen MR) is 82.4 cm³/mol. The lowest BCUT2D eigenvalue weighted by Gasteiger charge is -2.10. The molecule has 0 aliphatic heterocycles. The summed E-state index contributed by atoms with van der Waals surface area (Å²) in [4.78, 5) is 5.67. The molecule has 2 heterocycles. The van der Waals surface area contributed by atoms with Crippen molar-refractivity contribution in [2.75, 3.05) is 0 Å². The third-order valence-corrected chi connectivity index (χ3v) is 4.98. The first kappa shape index (κ1) is 12.8. The predicted octanol–water partition coefficient (Wildman–Crippen LogP) is 4.33. The van der Waals surface area contributed by atoms with Gasteiger partial charge in [-0.2, -0.15) is 0 Å². The third-order valence-electron chi connectivity index (χ3n) is 3.03. The summed E-state index contributed by atoms with van der Waals surface area (Å²) in [5.41, 5.74) is 1.64. The first-order valence-electron chi connectivity index (χ1n) is 5.99. The van der Waals surface area contributed by atoms with E-state index in [-0.39, 0.29) is 0 Å². The molecule has 1 aromatic carbocycles. The van der Waals surface area contributed by atoms with Crippen LogP contribution in [0.4, 0.5) is 0 Å². The highest BCUT2D eigenvalue weighted by atomic mass is 79.9. The van der Waals surface area contributed by atoms with Crippen molar-refractivity contribution in [2.24, 2.45) is 0 Å². The monoisotopic (exact) mass is 333 g/mol. The zero-order chi connectivity index (χ0) is 13.2. The Morgan fingerprint density at radius 1 is 1.16 bits per heavy atom. The van der Waals surface area contributed by atoms with E-state index in [9.17, 15) is 5.11 Å². The van der Waals surface area contributed by atoms with Gasteiger partial charge in [0.15, 0.2) is 0 Å². The second kappa shape index (κ2) is 5.41. The molecule has 0 aliphatic carbocycles. The van der Waals surface area contributed by atoms with E-state index in [1.54, 1.807) is 11.3 Å². The van der Waals surface area contributed by atoms with Crippen LogP contribution < -0.4 is 0 Å². The Morgan fingerprint density at radius 3 is 2.79 bits per heavy atom. The van der Waals surface area contributed by atoms with Crippen LogP contribution in [0.2, 0.25) is 0 Å². The molecule has 0 radical (unpaired) electrons. The molecule has 4 heteroatoms. The van der Waals surface area contributed by atoms with Crippen LogP contribution in [0, 0.1) is 0 Å². The Kier molecular flexibility index (Phi) is 3.64. The third kappa shape index (κ3) is 2.71. The van der Waals surface area contributed by atoms with Crippen LogP contribution in [0.25, 0.3) is 10.9 Å². The molecule has 2 aromatic heterocycles. The summed E-state index contributed by atoms with van der Waals surface area (Å²) in [7, 11) is 0. The number of aliphatic hydroxyl groups excluding tert-OH is 1. The molecule has 2 nitrogen and oxygen atoms in total. The molecule has 0 spiro atoms. The van der Waals surface area contributed by atoms with Crippen LogP contribution >= 0.6 is 27.3 Å². The number of nitrogens with zero attached hydrogens (tertiary/aromatic N) is 1. The van der Waals surface area contributed by atoms with Crippen molar-refractivity contribution in [3.8, 4) is 0 Å². The fraction of sp³-hybridized carbons (Fsp3) is 0.133. The Balaban J connectivity index is 1.89. The average Bonchev–Trinajstić information content (AvgIpc) is 2.84. The van der Waals surface area contributed by atoms with Gasteiger partial charge in [0.1, 0.15) is 6.10 Å². The highest BCUT2D eigenvalue weighted by Gasteiger charge is 2.13. The van der Waals surface area contributed by atoms with Gasteiger partial charge in [0.05, 0.1) is 11.2 Å². The molecule has 1 N–H and O–H groups in total. The van der Waals surface area contributed by atoms with Gasteiger partial charge >= 0.3 is 0 Å². The van der Waals surface area contributed by atoms with E-state index in [0.717, 1.165) is 25.9 Å². The van der Waals surface area contributed by atoms with Gasteiger partial charge in [-0.1, -0.05) is 24.3 Å². The molecular formula is C15H12BrNOS. The molecule has 0 aliphatic rings. The van der Waals surface area contributed by atoms with Gasteiger partial charge in [0.25, 0.3) is 0 Å². The van der Waals surface area contributed by atoms with E-state index in [1.165, 1.54) is 0 Å². The number of halogens is 1. The maximum atomic E-state index is 10.3. The van der Waals surface area contributed by atoms with Crippen LogP contribution in [0.15, 0.2) is 52.3 Å². The highest BCUT2D eigenvalue weighted by Crippen LogP contribution is 2.28. The first-order valence-corrected chi connectivity index (χ1v) is 7.67. The van der Waals surface area contributed by atoms with Crippen LogP contribution in [0.3, 0.4) is 0 Å². The highest BCUT2D eigenvalue weighted by molar-refractivity contribution is 9.10. The van der Waals surface area contributed by atoms with E-state index in [0.29, 0.717) is 6.42 Å². The van der Waals surface area contributed by atoms with Gasteiger partial charge in [-0.15, -0.1) is 11.3 Å². The maximum Gasteiger partial charge on any atom is 0.101 e. The SMILES string of the molecule is OC(Cc1sccc1Br)c1ccc2ccccc2n1. The lowest BCUT2D eigenvalue weighted by atomic mass is 10.1. The first-order chi connectivity index (χ1) is 9.24. The molecular weight excluding hydrogens is 322 g/mol. The summed E-state index contributed by atoms with van der Waals surface area (Å²) in [6.07, 6.45) is 0.0170. The summed E-state index contributed by atoms with van der Waals surface area (Å²) < 4.78 is 1.05. The summed E-state index contributed by atoms with van der Waals surface area (Å²) in [5.74, 6) is 0. The van der Waals surface area contributed by atoms with E-state index in [1.807, 2.05) is 47.8 Å². The molecule has 0 saturated carbocycles. The van der Waals surface area contributed by atoms with Gasteiger partial charge in [-0.05, 0) is 39.5 Å². The summed E-state index contributed by atoms with van der Waals surface area (Å²) in [6.45, 7) is 0. The Bertz CT molecular complexity index is 710. The second-order valence-corrected chi connectivity index (χ2v) is 6.20. The number of aliphatic hydroxyl groups is 1. The largest absolute Gasteiger partial charge is 0.386 e. The lowest BCUT2D eigenvalue weighted by Crippen LogP contribution is -2.03. The standard InChI is InChI=1S/C15H12BrNOS/c16-11-7-8-19-15(11)9-14(18)13-6-5-10-3-1-2-4-12(10)17-13/h1-8,14,18H,9H2. The Labute approximate surface area is 123 Å². The summed E-state index contributed by atoms with van der Waals surface area (Å²) in [5, 5.41) is 13.4. The van der Waals surface area contributed by atoms with Crippen LogP contribution in [0.5, 0.6) is 0 Å². The average molecular weight is 334 g/mol. The van der Waals surface area contributed by atoms with Crippen LogP contribution in [-0.2, 0) is 6.42 Å². The lowest BCUT2D eigenvalue weighted by molar-refractivity contribution is 0.175. The fourth-order valence-corrected chi connectivity index (χ4v) is 3.57. The number of hydrogen-bond donors (Lipinski definition) is 1. The van der Waals surface area contributed by atoms with Gasteiger partial charge < -0.3 is 5.11 Å². The molecule has 0 bridgehead atoms. The Morgan fingerprint density at radius 2 is 2.00 bits per heavy atom. The minimum Gasteiger partial charge on any atom is -0.386 e. The zero-order valence-corrected chi connectivity index (χ0v) is 12.5. The fourth-order valence-electron chi connectivity index (χ4n) is 2.02. The van der Waals surface area contributed by atoms with Crippen molar-refractivity contribution in [3.05, 3.63) is 62.9 Å². The number of rotatable bonds is 3. The summed E-state index contributed by atoms with van der Waals surface area (Å²) in [6, 6.07) is 13.8. The van der Waals surface area contributed by atoms with Gasteiger partial charge in [0.2, 0.25) is 0 Å².